The maximum absolute atomic E-state index is 13.4. The molecule has 4 rings (SSSR count). The Labute approximate surface area is 167 Å². The monoisotopic (exact) mass is 382 g/mol. The van der Waals surface area contributed by atoms with Crippen molar-refractivity contribution in [3.8, 4) is 0 Å². The summed E-state index contributed by atoms with van der Waals surface area (Å²) in [5.74, 6) is -0.268. The molecule has 0 amide bonds. The van der Waals surface area contributed by atoms with Crippen molar-refractivity contribution in [2.45, 2.75) is 39.3 Å². The maximum Gasteiger partial charge on any atom is 0.123 e. The van der Waals surface area contributed by atoms with Crippen LogP contribution in [0.25, 0.3) is 0 Å². The molecule has 3 nitrogen and oxygen atoms in total. The van der Waals surface area contributed by atoms with Crippen molar-refractivity contribution in [3.63, 3.8) is 0 Å². The summed E-state index contributed by atoms with van der Waals surface area (Å²) in [6, 6.07) is 17.2. The molecule has 0 spiro atoms. The minimum atomic E-state index is -0.991. The second-order valence-electron chi connectivity index (χ2n) is 9.42. The van der Waals surface area contributed by atoms with E-state index in [2.05, 4.69) is 67.8 Å². The van der Waals surface area contributed by atoms with Gasteiger partial charge in [0.05, 0.1) is 0 Å². The van der Waals surface area contributed by atoms with Gasteiger partial charge in [-0.1, -0.05) is 58.0 Å². The van der Waals surface area contributed by atoms with E-state index >= 15 is 0 Å². The number of benzene rings is 2. The van der Waals surface area contributed by atoms with Gasteiger partial charge in [-0.05, 0) is 29.8 Å². The summed E-state index contributed by atoms with van der Waals surface area (Å²) in [4.78, 5) is 4.97. The van der Waals surface area contributed by atoms with E-state index in [-0.39, 0.29) is 22.7 Å². The summed E-state index contributed by atoms with van der Waals surface area (Å²) >= 11 is 0. The lowest BCUT2D eigenvalue weighted by molar-refractivity contribution is -0.307. The van der Waals surface area contributed by atoms with E-state index in [4.69, 9.17) is 0 Å². The highest BCUT2D eigenvalue weighted by molar-refractivity contribution is 5.46. The zero-order chi connectivity index (χ0) is 20.2. The van der Waals surface area contributed by atoms with Gasteiger partial charge in [0, 0.05) is 48.7 Å². The van der Waals surface area contributed by atoms with Gasteiger partial charge in [0.2, 0.25) is 0 Å². The summed E-state index contributed by atoms with van der Waals surface area (Å²) in [5, 5.41) is 11.8. The summed E-state index contributed by atoms with van der Waals surface area (Å²) in [6.07, 6.45) is 0. The minimum Gasteiger partial charge on any atom is -0.384 e. The van der Waals surface area contributed by atoms with Crippen LogP contribution in [0.4, 0.5) is 10.1 Å². The lowest BCUT2D eigenvalue weighted by Gasteiger charge is -2.72. The molecule has 1 aliphatic heterocycles. The molecule has 150 valence electrons. The maximum atomic E-state index is 13.4. The largest absolute Gasteiger partial charge is 0.384 e. The predicted molar refractivity (Wildman–Crippen MR) is 112 cm³/mol. The number of nitrogens with zero attached hydrogens (tertiary/aromatic N) is 2. The number of para-hydroxylation sites is 1. The van der Waals surface area contributed by atoms with Gasteiger partial charge < -0.3 is 10.0 Å². The van der Waals surface area contributed by atoms with Crippen LogP contribution in [0.1, 0.15) is 33.3 Å². The first-order chi connectivity index (χ1) is 13.2. The van der Waals surface area contributed by atoms with Crippen molar-refractivity contribution >= 4 is 5.69 Å². The van der Waals surface area contributed by atoms with Gasteiger partial charge in [-0.2, -0.15) is 0 Å². The molecule has 2 aromatic rings. The zero-order valence-corrected chi connectivity index (χ0v) is 17.3. The molecule has 0 atom stereocenters. The first-order valence-corrected chi connectivity index (χ1v) is 10.2. The Morgan fingerprint density at radius 1 is 0.821 bits per heavy atom. The molecule has 1 saturated heterocycles. The lowest BCUT2D eigenvalue weighted by Crippen LogP contribution is -2.79. The van der Waals surface area contributed by atoms with Crippen LogP contribution in [0, 0.1) is 16.6 Å². The Morgan fingerprint density at radius 2 is 1.36 bits per heavy atom. The Bertz CT molecular complexity index is 807. The third-order valence-electron chi connectivity index (χ3n) is 7.29. The van der Waals surface area contributed by atoms with Crippen molar-refractivity contribution in [3.05, 3.63) is 66.0 Å². The molecule has 1 heterocycles. The number of rotatable bonds is 3. The van der Waals surface area contributed by atoms with E-state index in [1.54, 1.807) is 12.1 Å². The van der Waals surface area contributed by atoms with Crippen LogP contribution < -0.4 is 4.90 Å². The zero-order valence-electron chi connectivity index (χ0n) is 17.3. The third kappa shape index (κ3) is 2.61. The Morgan fingerprint density at radius 3 is 1.89 bits per heavy atom. The second-order valence-corrected chi connectivity index (χ2v) is 9.42. The molecule has 0 aromatic heterocycles. The third-order valence-corrected chi connectivity index (χ3v) is 7.29. The Balaban J connectivity index is 1.54. The number of hydrogen-bond donors (Lipinski definition) is 1. The molecule has 2 fully saturated rings. The first-order valence-electron chi connectivity index (χ1n) is 10.2. The Kier molecular flexibility index (Phi) is 4.55. The van der Waals surface area contributed by atoms with Crippen LogP contribution in [0.15, 0.2) is 54.6 Å². The van der Waals surface area contributed by atoms with Crippen LogP contribution in [0.2, 0.25) is 0 Å². The molecule has 1 N–H and O–H groups in total. The number of halogens is 1. The van der Waals surface area contributed by atoms with E-state index in [9.17, 15) is 9.50 Å². The van der Waals surface area contributed by atoms with Gasteiger partial charge in [-0.15, -0.1) is 0 Å². The number of piperazine rings is 1. The molecule has 0 bridgehead atoms. The SMILES string of the molecule is CC1(C)C(N2CCN(c3ccccc3)CC2)C(C)(C)C1(O)c1ccc(F)cc1. The highest BCUT2D eigenvalue weighted by Crippen LogP contribution is 2.68. The standard InChI is InChI=1S/C24H31FN2O/c1-22(2)21(23(3,4)24(22,28)18-10-12-19(25)13-11-18)27-16-14-26(15-17-27)20-8-6-5-7-9-20/h5-13,21,28H,14-17H2,1-4H3. The normalized spacial score (nSPS) is 29.4. The molecule has 0 radical (unpaired) electrons. The summed E-state index contributed by atoms with van der Waals surface area (Å²) in [7, 11) is 0. The van der Waals surface area contributed by atoms with E-state index in [0.29, 0.717) is 0 Å². The molecule has 0 unspecified atom stereocenters. The lowest BCUT2D eigenvalue weighted by atomic mass is 9.39. The topological polar surface area (TPSA) is 26.7 Å². The van der Waals surface area contributed by atoms with Crippen LogP contribution in [0.5, 0.6) is 0 Å². The fourth-order valence-electron chi connectivity index (χ4n) is 6.28. The quantitative estimate of drug-likeness (QED) is 0.859. The average Bonchev–Trinajstić information content (AvgIpc) is 2.68. The van der Waals surface area contributed by atoms with E-state index < -0.39 is 5.60 Å². The molecular weight excluding hydrogens is 351 g/mol. The Hall–Kier alpha value is -1.91. The van der Waals surface area contributed by atoms with Gasteiger partial charge in [0.25, 0.3) is 0 Å². The van der Waals surface area contributed by atoms with Crippen molar-refractivity contribution in [2.75, 3.05) is 31.1 Å². The second kappa shape index (κ2) is 6.57. The van der Waals surface area contributed by atoms with Gasteiger partial charge in [-0.25, -0.2) is 4.39 Å². The highest BCUT2D eigenvalue weighted by Gasteiger charge is 2.73. The van der Waals surface area contributed by atoms with Crippen LogP contribution >= 0.6 is 0 Å². The smallest absolute Gasteiger partial charge is 0.123 e. The summed E-state index contributed by atoms with van der Waals surface area (Å²) in [6.45, 7) is 12.5. The molecule has 1 aliphatic carbocycles. The van der Waals surface area contributed by atoms with Gasteiger partial charge in [0.1, 0.15) is 11.4 Å². The predicted octanol–water partition coefficient (Wildman–Crippen LogP) is 4.27. The fraction of sp³-hybridized carbons (Fsp3) is 0.500. The molecule has 28 heavy (non-hydrogen) atoms. The number of anilines is 1. The van der Waals surface area contributed by atoms with Crippen molar-refractivity contribution in [1.82, 2.24) is 4.90 Å². The van der Waals surface area contributed by atoms with Crippen LogP contribution in [0.3, 0.4) is 0 Å². The molecular formula is C24H31FN2O. The van der Waals surface area contributed by atoms with Crippen LogP contribution in [-0.2, 0) is 5.60 Å². The van der Waals surface area contributed by atoms with Gasteiger partial charge >= 0.3 is 0 Å². The number of hydrogen-bond acceptors (Lipinski definition) is 3. The average molecular weight is 383 g/mol. The molecule has 1 saturated carbocycles. The summed E-state index contributed by atoms with van der Waals surface area (Å²) in [5.41, 5.74) is 0.432. The van der Waals surface area contributed by atoms with E-state index in [1.165, 1.54) is 17.8 Å². The van der Waals surface area contributed by atoms with Crippen LogP contribution in [-0.4, -0.2) is 42.2 Å². The molecule has 4 heteroatoms. The van der Waals surface area contributed by atoms with Gasteiger partial charge in [-0.3, -0.25) is 4.90 Å². The first kappa shape index (κ1) is 19.4. The van der Waals surface area contributed by atoms with Gasteiger partial charge in [0.15, 0.2) is 0 Å². The van der Waals surface area contributed by atoms with E-state index in [0.717, 1.165) is 31.7 Å². The molecule has 2 aliphatic rings. The van der Waals surface area contributed by atoms with Crippen molar-refractivity contribution in [1.29, 1.82) is 0 Å². The molecule has 2 aromatic carbocycles. The van der Waals surface area contributed by atoms with Crippen molar-refractivity contribution < 1.29 is 9.50 Å². The minimum absolute atomic E-state index is 0.257. The highest BCUT2D eigenvalue weighted by atomic mass is 19.1. The number of aliphatic hydroxyl groups is 1. The summed E-state index contributed by atoms with van der Waals surface area (Å²) < 4.78 is 13.4. The van der Waals surface area contributed by atoms with Crippen molar-refractivity contribution in [2.24, 2.45) is 10.8 Å². The van der Waals surface area contributed by atoms with E-state index in [1.807, 2.05) is 0 Å². The fourth-order valence-corrected chi connectivity index (χ4v) is 6.28.